The van der Waals surface area contributed by atoms with Gasteiger partial charge >= 0.3 is 11.6 Å². The Balaban J connectivity index is 2.46. The molecule has 0 unspecified atom stereocenters. The Morgan fingerprint density at radius 1 is 1.60 bits per heavy atom. The van der Waals surface area contributed by atoms with Crippen molar-refractivity contribution in [2.45, 2.75) is 32.7 Å². The largest absolute Gasteiger partial charge is 0.862 e. The quantitative estimate of drug-likeness (QED) is 0.301. The summed E-state index contributed by atoms with van der Waals surface area (Å²) in [4.78, 5) is 15.0. The molecule has 80 valence electrons. The lowest BCUT2D eigenvalue weighted by molar-refractivity contribution is -0.766. The Morgan fingerprint density at radius 2 is 2.27 bits per heavy atom. The molecule has 0 radical (unpaired) electrons. The topological polar surface area (TPSA) is 82.4 Å². The highest BCUT2D eigenvalue weighted by Gasteiger charge is 2.41. The monoisotopic (exact) mass is 209 g/mol. The van der Waals surface area contributed by atoms with Gasteiger partial charge in [-0.25, -0.2) is 4.99 Å². The Bertz CT molecular complexity index is 428. The molecule has 1 heterocycles. The number of rotatable bonds is 3. The van der Waals surface area contributed by atoms with Crippen LogP contribution in [-0.4, -0.2) is 17.0 Å². The van der Waals surface area contributed by atoms with Gasteiger partial charge in [-0.3, -0.25) is 9.32 Å². The number of nitrogens with zero attached hydrogens (tertiary/aromatic N) is 3. The third kappa shape index (κ3) is 1.88. The smallest absolute Gasteiger partial charge is 0.342 e. The van der Waals surface area contributed by atoms with Crippen LogP contribution in [0.2, 0.25) is 0 Å². The molecule has 1 aliphatic carbocycles. The Morgan fingerprint density at radius 3 is 2.73 bits per heavy atom. The van der Waals surface area contributed by atoms with Gasteiger partial charge in [0.15, 0.2) is 6.04 Å². The molecule has 0 bridgehead atoms. The van der Waals surface area contributed by atoms with E-state index in [-0.39, 0.29) is 23.4 Å². The lowest BCUT2D eigenvalue weighted by Crippen LogP contribution is -2.39. The molecule has 6 nitrogen and oxygen atoms in total. The molecule has 0 spiro atoms. The van der Waals surface area contributed by atoms with Crippen molar-refractivity contribution in [1.29, 1.82) is 0 Å². The number of hydrogen-bond donors (Lipinski definition) is 0. The summed E-state index contributed by atoms with van der Waals surface area (Å²) >= 11 is 0. The highest BCUT2D eigenvalue weighted by atomic mass is 16.5. The van der Waals surface area contributed by atoms with Gasteiger partial charge in [-0.15, -0.1) is 0 Å². The summed E-state index contributed by atoms with van der Waals surface area (Å²) in [5, 5.41) is 14.5. The minimum Gasteiger partial charge on any atom is -0.862 e. The molecule has 0 amide bonds. The van der Waals surface area contributed by atoms with E-state index in [9.17, 15) is 9.90 Å². The number of hydrogen-bond acceptors (Lipinski definition) is 5. The fourth-order valence-electron chi connectivity index (χ4n) is 1.36. The molecular formula is C9H11N3O3. The molecule has 0 saturated heterocycles. The molecule has 0 atom stereocenters. The molecule has 6 heteroatoms. The van der Waals surface area contributed by atoms with Crippen molar-refractivity contribution >= 4 is 17.6 Å². The highest BCUT2D eigenvalue weighted by Crippen LogP contribution is 2.31. The van der Waals surface area contributed by atoms with Crippen LogP contribution in [0.1, 0.15) is 43.2 Å². The van der Waals surface area contributed by atoms with Gasteiger partial charge < -0.3 is 5.11 Å². The van der Waals surface area contributed by atoms with Crippen LogP contribution < -0.4 is 9.79 Å². The van der Waals surface area contributed by atoms with Gasteiger partial charge in [0.2, 0.25) is 11.1 Å². The van der Waals surface area contributed by atoms with E-state index in [0.29, 0.717) is 0 Å². The van der Waals surface area contributed by atoms with Crippen LogP contribution in [0.4, 0.5) is 5.88 Å². The van der Waals surface area contributed by atoms with E-state index < -0.39 is 5.90 Å². The van der Waals surface area contributed by atoms with Crippen LogP contribution in [0.25, 0.3) is 0 Å². The van der Waals surface area contributed by atoms with Gasteiger partial charge in [-0.05, 0) is 17.5 Å². The highest BCUT2D eigenvalue weighted by molar-refractivity contribution is 5.94. The maximum atomic E-state index is 11.4. The molecule has 1 fully saturated rings. The molecule has 15 heavy (non-hydrogen) atoms. The van der Waals surface area contributed by atoms with E-state index in [0.717, 1.165) is 12.8 Å². The van der Waals surface area contributed by atoms with Gasteiger partial charge in [0.1, 0.15) is 0 Å². The lowest BCUT2D eigenvalue weighted by Gasteiger charge is -1.97. The van der Waals surface area contributed by atoms with Crippen molar-refractivity contribution < 1.29 is 19.1 Å². The fourth-order valence-corrected chi connectivity index (χ4v) is 1.36. The average molecular weight is 209 g/mol. The SMILES string of the molecule is CC(=O)c1c(/N=C(\C)[O-])on[n+]1C1CC1. The van der Waals surface area contributed by atoms with E-state index in [1.807, 2.05) is 0 Å². The first-order valence-electron chi connectivity index (χ1n) is 4.74. The number of ketones is 1. The molecule has 0 N–H and O–H groups in total. The van der Waals surface area contributed by atoms with Crippen molar-refractivity contribution in [2.75, 3.05) is 0 Å². The van der Waals surface area contributed by atoms with E-state index >= 15 is 0 Å². The minimum atomic E-state index is -0.406. The minimum absolute atomic E-state index is 0.0156. The summed E-state index contributed by atoms with van der Waals surface area (Å²) in [5.74, 6) is -0.582. The van der Waals surface area contributed by atoms with Crippen LogP contribution in [0, 0.1) is 0 Å². The Hall–Kier alpha value is -1.72. The van der Waals surface area contributed by atoms with Crippen molar-refractivity contribution in [3.8, 4) is 0 Å². The van der Waals surface area contributed by atoms with Crippen molar-refractivity contribution in [2.24, 2.45) is 4.99 Å². The van der Waals surface area contributed by atoms with Crippen molar-refractivity contribution in [3.05, 3.63) is 5.69 Å². The van der Waals surface area contributed by atoms with Crippen LogP contribution in [0.3, 0.4) is 0 Å². The summed E-state index contributed by atoms with van der Waals surface area (Å²) in [6.07, 6.45) is 1.97. The zero-order valence-corrected chi connectivity index (χ0v) is 8.56. The fraction of sp³-hybridized carbons (Fsp3) is 0.556. The predicted octanol–water partition coefficient (Wildman–Crippen LogP) is -0.0902. The first kappa shape index (κ1) is 9.82. The van der Waals surface area contributed by atoms with Gasteiger partial charge in [-0.2, -0.15) is 0 Å². The molecule has 1 aromatic heterocycles. The summed E-state index contributed by atoms with van der Waals surface area (Å²) < 4.78 is 6.39. The Labute approximate surface area is 86.2 Å². The molecule has 1 saturated carbocycles. The average Bonchev–Trinajstić information content (AvgIpc) is 2.87. The maximum absolute atomic E-state index is 11.4. The van der Waals surface area contributed by atoms with Gasteiger partial charge in [0.05, 0.1) is 0 Å². The number of aliphatic imine (C=N–C) groups is 1. The van der Waals surface area contributed by atoms with Crippen molar-refractivity contribution in [1.82, 2.24) is 5.27 Å². The van der Waals surface area contributed by atoms with Gasteiger partial charge in [0, 0.05) is 19.8 Å². The Kier molecular flexibility index (Phi) is 2.26. The van der Waals surface area contributed by atoms with E-state index in [4.69, 9.17) is 4.52 Å². The van der Waals surface area contributed by atoms with E-state index in [1.165, 1.54) is 18.5 Å². The third-order valence-electron chi connectivity index (χ3n) is 2.13. The standard InChI is InChI=1S/C9H11N3O3/c1-5(13)8-9(10-6(2)14)15-11-12(8)7-3-4-7/h7H,3-4H2,1-2H3. The predicted molar refractivity (Wildman–Crippen MR) is 47.7 cm³/mol. The molecule has 0 aliphatic heterocycles. The molecule has 0 aromatic carbocycles. The number of carbonyl (C=O) groups excluding carboxylic acids is 1. The van der Waals surface area contributed by atoms with Crippen molar-refractivity contribution in [3.63, 3.8) is 0 Å². The third-order valence-corrected chi connectivity index (χ3v) is 2.13. The number of Topliss-reactive ketones (excluding diaryl/α,β-unsaturated/α-hetero) is 1. The maximum Gasteiger partial charge on any atom is 0.342 e. The first-order valence-corrected chi connectivity index (χ1v) is 4.74. The summed E-state index contributed by atoms with van der Waals surface area (Å²) in [6, 6.07) is 0.226. The molecular weight excluding hydrogens is 198 g/mol. The second-order valence-corrected chi connectivity index (χ2v) is 3.59. The number of aromatic nitrogens is 2. The summed E-state index contributed by atoms with van der Waals surface area (Å²) in [7, 11) is 0. The lowest BCUT2D eigenvalue weighted by atomic mass is 10.3. The van der Waals surface area contributed by atoms with Gasteiger partial charge in [0.25, 0.3) is 0 Å². The van der Waals surface area contributed by atoms with E-state index in [1.54, 1.807) is 0 Å². The second-order valence-electron chi connectivity index (χ2n) is 3.59. The number of carbonyl (C=O) groups is 1. The first-order chi connectivity index (χ1) is 7.09. The normalized spacial score (nSPS) is 16.8. The van der Waals surface area contributed by atoms with Crippen LogP contribution in [0.5, 0.6) is 0 Å². The molecule has 1 aromatic rings. The second kappa shape index (κ2) is 3.45. The van der Waals surface area contributed by atoms with Gasteiger partial charge in [-0.1, -0.05) is 0 Å². The summed E-state index contributed by atoms with van der Waals surface area (Å²) in [5.41, 5.74) is 0.285. The van der Waals surface area contributed by atoms with E-state index in [2.05, 4.69) is 10.3 Å². The molecule has 2 rings (SSSR count). The zero-order chi connectivity index (χ0) is 11.0. The summed E-state index contributed by atoms with van der Waals surface area (Å²) in [6.45, 7) is 2.71. The van der Waals surface area contributed by atoms with Crippen LogP contribution >= 0.6 is 0 Å². The van der Waals surface area contributed by atoms with Crippen LogP contribution in [0.15, 0.2) is 9.52 Å². The van der Waals surface area contributed by atoms with Crippen LogP contribution in [-0.2, 0) is 0 Å². The molecule has 1 aliphatic rings. The zero-order valence-electron chi connectivity index (χ0n) is 8.56.